The van der Waals surface area contributed by atoms with Crippen LogP contribution in [0.5, 0.6) is 5.75 Å². The molecule has 1 amide bonds. The largest absolute Gasteiger partial charge is 0.488 e. The van der Waals surface area contributed by atoms with E-state index in [0.717, 1.165) is 26.9 Å². The third-order valence-electron chi connectivity index (χ3n) is 4.68. The van der Waals surface area contributed by atoms with Crippen LogP contribution in [-0.4, -0.2) is 11.1 Å². The van der Waals surface area contributed by atoms with E-state index >= 15 is 0 Å². The fraction of sp³-hybridized carbons (Fsp3) is 0.0833. The highest BCUT2D eigenvalue weighted by Gasteiger charge is 2.24. The summed E-state index contributed by atoms with van der Waals surface area (Å²) in [5.41, 5.74) is 3.48. The summed E-state index contributed by atoms with van der Waals surface area (Å²) in [7, 11) is 0. The summed E-state index contributed by atoms with van der Waals surface area (Å²) in [5.74, 6) is 0.501. The van der Waals surface area contributed by atoms with Gasteiger partial charge < -0.3 is 10.1 Å². The summed E-state index contributed by atoms with van der Waals surface area (Å²) in [5, 5.41) is 3.98. The minimum atomic E-state index is -0.197. The Morgan fingerprint density at radius 2 is 1.97 bits per heavy atom. The first kappa shape index (κ1) is 23.4. The smallest absolute Gasteiger partial charge is 0.264 e. The van der Waals surface area contributed by atoms with Gasteiger partial charge in [0.25, 0.3) is 5.91 Å². The Kier molecular flexibility index (Phi) is 7.60. The number of rotatable bonds is 5. The van der Waals surface area contributed by atoms with Gasteiger partial charge in [0, 0.05) is 18.6 Å². The van der Waals surface area contributed by atoms with Crippen LogP contribution in [0.15, 0.2) is 75.0 Å². The van der Waals surface area contributed by atoms with Crippen LogP contribution in [0.25, 0.3) is 6.08 Å². The van der Waals surface area contributed by atoms with Crippen molar-refractivity contribution < 1.29 is 9.53 Å². The average Bonchev–Trinajstić information content (AvgIpc) is 3.11. The number of carbonyl (C=O) groups excluding carboxylic acids is 1. The van der Waals surface area contributed by atoms with Gasteiger partial charge in [0.15, 0.2) is 5.17 Å². The second-order valence-corrected chi connectivity index (χ2v) is 10.6. The number of nitrogens with zero attached hydrogens (tertiary/aromatic N) is 1. The van der Waals surface area contributed by atoms with E-state index in [0.29, 0.717) is 27.5 Å². The van der Waals surface area contributed by atoms with Gasteiger partial charge in [0.2, 0.25) is 0 Å². The van der Waals surface area contributed by atoms with Gasteiger partial charge in [0.05, 0.1) is 10.6 Å². The minimum absolute atomic E-state index is 0.197. The third-order valence-corrected chi connectivity index (χ3v) is 7.21. The van der Waals surface area contributed by atoms with Crippen LogP contribution in [0.2, 0.25) is 5.02 Å². The Morgan fingerprint density at radius 1 is 1.19 bits per heavy atom. The van der Waals surface area contributed by atoms with E-state index in [2.05, 4.69) is 48.8 Å². The lowest BCUT2D eigenvalue weighted by Crippen LogP contribution is -2.19. The molecule has 3 aromatic rings. The zero-order chi connectivity index (χ0) is 22.7. The number of amides is 1. The number of nitrogens with one attached hydrogen (secondary N) is 1. The van der Waals surface area contributed by atoms with Crippen LogP contribution < -0.4 is 10.1 Å². The Morgan fingerprint density at radius 3 is 2.75 bits per heavy atom. The maximum atomic E-state index is 12.6. The average molecular weight is 640 g/mol. The van der Waals surface area contributed by atoms with Crippen molar-refractivity contribution >= 4 is 84.7 Å². The number of amidine groups is 1. The molecule has 0 unspecified atom stereocenters. The molecule has 3 aromatic carbocycles. The van der Waals surface area contributed by atoms with Crippen molar-refractivity contribution in [3.05, 3.63) is 95.3 Å². The van der Waals surface area contributed by atoms with Crippen LogP contribution >= 0.6 is 61.9 Å². The van der Waals surface area contributed by atoms with E-state index < -0.39 is 0 Å². The van der Waals surface area contributed by atoms with Crippen molar-refractivity contribution in [2.75, 3.05) is 0 Å². The molecule has 0 bridgehead atoms. The van der Waals surface area contributed by atoms with E-state index in [-0.39, 0.29) is 5.91 Å². The van der Waals surface area contributed by atoms with Crippen molar-refractivity contribution in [2.45, 2.75) is 13.5 Å². The molecule has 0 radical (unpaired) electrons. The minimum Gasteiger partial charge on any atom is -0.488 e. The molecule has 0 atom stereocenters. The number of aliphatic imine (C=N–C) groups is 1. The lowest BCUT2D eigenvalue weighted by molar-refractivity contribution is -0.115. The molecule has 4 rings (SSSR count). The Labute approximate surface area is 217 Å². The van der Waals surface area contributed by atoms with Gasteiger partial charge >= 0.3 is 0 Å². The molecular weight excluding hydrogens is 623 g/mol. The van der Waals surface area contributed by atoms with Crippen LogP contribution in [-0.2, 0) is 11.4 Å². The molecule has 32 heavy (non-hydrogen) atoms. The molecule has 0 spiro atoms. The predicted octanol–water partition coefficient (Wildman–Crippen LogP) is 7.49. The molecule has 1 aliphatic rings. The summed E-state index contributed by atoms with van der Waals surface area (Å²) >= 11 is 13.3. The number of carbonyl (C=O) groups is 1. The standard InChI is InChI=1S/C24H17BrClIN2O2S/c1-14-19(26)3-2-4-20(14)28-24-29-23(30)22(32-24)12-16-11-17(25)7-10-21(16)31-13-15-5-8-18(27)9-6-15/h2-12H,13H2,1H3,(H,28,29,30)/b22-12+. The van der Waals surface area contributed by atoms with Crippen molar-refractivity contribution in [1.82, 2.24) is 5.32 Å². The van der Waals surface area contributed by atoms with E-state index in [9.17, 15) is 4.79 Å². The fourth-order valence-electron chi connectivity index (χ4n) is 2.95. The van der Waals surface area contributed by atoms with Crippen molar-refractivity contribution in [1.29, 1.82) is 0 Å². The molecular formula is C24H17BrClIN2O2S. The molecule has 162 valence electrons. The molecule has 1 saturated heterocycles. The first-order valence-electron chi connectivity index (χ1n) is 9.60. The van der Waals surface area contributed by atoms with E-state index in [1.54, 1.807) is 0 Å². The van der Waals surface area contributed by atoms with Crippen molar-refractivity contribution in [3.63, 3.8) is 0 Å². The van der Waals surface area contributed by atoms with Gasteiger partial charge in [-0.1, -0.05) is 45.7 Å². The lowest BCUT2D eigenvalue weighted by Gasteiger charge is -2.10. The highest BCUT2D eigenvalue weighted by atomic mass is 127. The Bertz CT molecular complexity index is 1250. The van der Waals surface area contributed by atoms with E-state index in [4.69, 9.17) is 16.3 Å². The highest BCUT2D eigenvalue weighted by molar-refractivity contribution is 14.1. The normalized spacial score (nSPS) is 15.9. The summed E-state index contributed by atoms with van der Waals surface area (Å²) in [4.78, 5) is 17.7. The molecule has 0 aromatic heterocycles. The van der Waals surface area contributed by atoms with Gasteiger partial charge in [-0.05, 0) is 101 Å². The Balaban J connectivity index is 1.57. The number of halogens is 3. The summed E-state index contributed by atoms with van der Waals surface area (Å²) in [6.45, 7) is 2.34. The predicted molar refractivity (Wildman–Crippen MR) is 145 cm³/mol. The number of benzene rings is 3. The SMILES string of the molecule is Cc1c(Cl)cccc1N=C1NC(=O)/C(=C\c2cc(Br)ccc2OCc2ccc(I)cc2)S1. The fourth-order valence-corrected chi connectivity index (χ4v) is 4.69. The quantitative estimate of drug-likeness (QED) is 0.233. The van der Waals surface area contributed by atoms with Crippen molar-refractivity contribution in [3.8, 4) is 5.75 Å². The molecule has 0 aliphatic carbocycles. The number of hydrogen-bond acceptors (Lipinski definition) is 4. The number of thioether (sulfide) groups is 1. The first-order chi connectivity index (χ1) is 15.4. The molecule has 1 heterocycles. The topological polar surface area (TPSA) is 50.7 Å². The molecule has 0 saturated carbocycles. The van der Waals surface area contributed by atoms with E-state index in [1.807, 2.05) is 73.7 Å². The van der Waals surface area contributed by atoms with Gasteiger partial charge in [-0.15, -0.1) is 0 Å². The maximum absolute atomic E-state index is 12.6. The second kappa shape index (κ2) is 10.4. The van der Waals surface area contributed by atoms with Crippen LogP contribution in [0, 0.1) is 10.5 Å². The third kappa shape index (κ3) is 5.75. The number of hydrogen-bond donors (Lipinski definition) is 1. The molecule has 1 aliphatic heterocycles. The zero-order valence-electron chi connectivity index (χ0n) is 16.9. The van der Waals surface area contributed by atoms with Crippen molar-refractivity contribution in [2.24, 2.45) is 4.99 Å². The summed E-state index contributed by atoms with van der Waals surface area (Å²) < 4.78 is 8.14. The monoisotopic (exact) mass is 638 g/mol. The first-order valence-corrected chi connectivity index (χ1v) is 12.7. The Hall–Kier alpha value is -1.81. The maximum Gasteiger partial charge on any atom is 0.264 e. The van der Waals surface area contributed by atoms with Gasteiger partial charge in [0.1, 0.15) is 12.4 Å². The van der Waals surface area contributed by atoms with Gasteiger partial charge in [-0.2, -0.15) is 0 Å². The highest BCUT2D eigenvalue weighted by Crippen LogP contribution is 2.33. The molecule has 8 heteroatoms. The lowest BCUT2D eigenvalue weighted by atomic mass is 10.2. The molecule has 1 N–H and O–H groups in total. The van der Waals surface area contributed by atoms with Gasteiger partial charge in [-0.3, -0.25) is 4.79 Å². The number of ether oxygens (including phenoxy) is 1. The zero-order valence-corrected chi connectivity index (χ0v) is 22.2. The van der Waals surface area contributed by atoms with E-state index in [1.165, 1.54) is 15.3 Å². The van der Waals surface area contributed by atoms with Gasteiger partial charge in [-0.25, -0.2) is 4.99 Å². The second-order valence-electron chi connectivity index (χ2n) is 6.96. The van der Waals surface area contributed by atoms with Crippen LogP contribution in [0.3, 0.4) is 0 Å². The summed E-state index contributed by atoms with van der Waals surface area (Å²) in [6.07, 6.45) is 1.82. The van der Waals surface area contributed by atoms with Crippen LogP contribution in [0.4, 0.5) is 5.69 Å². The molecule has 1 fully saturated rings. The summed E-state index contributed by atoms with van der Waals surface area (Å²) in [6, 6.07) is 19.4. The molecule has 4 nitrogen and oxygen atoms in total. The van der Waals surface area contributed by atoms with Crippen LogP contribution in [0.1, 0.15) is 16.7 Å².